The van der Waals surface area contributed by atoms with Crippen molar-refractivity contribution >= 4 is 11.8 Å². The molecule has 0 spiro atoms. The normalized spacial score (nSPS) is 24.2. The Kier molecular flexibility index (Phi) is 5.90. The summed E-state index contributed by atoms with van der Waals surface area (Å²) in [6.07, 6.45) is 11.3. The van der Waals surface area contributed by atoms with E-state index < -0.39 is 0 Å². The topological polar surface area (TPSA) is 69.6 Å². The van der Waals surface area contributed by atoms with E-state index in [1.165, 1.54) is 0 Å². The second-order valence-electron chi connectivity index (χ2n) is 8.56. The van der Waals surface area contributed by atoms with Gasteiger partial charge in [-0.15, -0.1) is 0 Å². The molecule has 7 nitrogen and oxygen atoms in total. The molecule has 2 aliphatic heterocycles. The van der Waals surface area contributed by atoms with E-state index in [4.69, 9.17) is 0 Å². The van der Waals surface area contributed by atoms with Gasteiger partial charge in [0, 0.05) is 51.0 Å². The third-order valence-electron chi connectivity index (χ3n) is 6.41. The van der Waals surface area contributed by atoms with E-state index in [0.717, 1.165) is 70.4 Å². The van der Waals surface area contributed by atoms with E-state index in [1.54, 1.807) is 23.5 Å². The zero-order chi connectivity index (χ0) is 19.5. The van der Waals surface area contributed by atoms with Gasteiger partial charge >= 0.3 is 0 Å². The summed E-state index contributed by atoms with van der Waals surface area (Å²) in [7, 11) is 1.86. The second-order valence-corrected chi connectivity index (χ2v) is 8.56. The summed E-state index contributed by atoms with van der Waals surface area (Å²) in [4.78, 5) is 39.9. The number of hydrogen-bond donors (Lipinski definition) is 0. The molecule has 1 atom stereocenters. The lowest BCUT2D eigenvalue weighted by Gasteiger charge is -2.42. The van der Waals surface area contributed by atoms with Gasteiger partial charge < -0.3 is 9.80 Å². The van der Waals surface area contributed by atoms with Gasteiger partial charge in [0.1, 0.15) is 0 Å². The molecule has 2 saturated heterocycles. The highest BCUT2D eigenvalue weighted by Gasteiger charge is 2.37. The van der Waals surface area contributed by atoms with Gasteiger partial charge in [0.25, 0.3) is 0 Å². The summed E-state index contributed by atoms with van der Waals surface area (Å²) in [6.45, 7) is 4.16. The molecule has 0 aromatic carbocycles. The Bertz CT molecular complexity index is 685. The minimum atomic E-state index is 0.0570. The lowest BCUT2D eigenvalue weighted by atomic mass is 9.92. The fourth-order valence-electron chi connectivity index (χ4n) is 4.62. The van der Waals surface area contributed by atoms with Crippen LogP contribution >= 0.6 is 0 Å². The molecule has 28 heavy (non-hydrogen) atoms. The van der Waals surface area contributed by atoms with Gasteiger partial charge in [-0.25, -0.2) is 0 Å². The predicted octanol–water partition coefficient (Wildman–Crippen LogP) is 1.55. The second kappa shape index (κ2) is 8.55. The first kappa shape index (κ1) is 19.3. The summed E-state index contributed by atoms with van der Waals surface area (Å²) < 4.78 is 0. The van der Waals surface area contributed by atoms with Crippen LogP contribution in [0.25, 0.3) is 0 Å². The maximum absolute atomic E-state index is 13.0. The van der Waals surface area contributed by atoms with E-state index >= 15 is 0 Å². The minimum Gasteiger partial charge on any atom is -0.342 e. The molecule has 7 heteroatoms. The Morgan fingerprint density at radius 2 is 1.86 bits per heavy atom. The van der Waals surface area contributed by atoms with Crippen LogP contribution in [-0.2, 0) is 16.1 Å². The number of aromatic nitrogens is 2. The lowest BCUT2D eigenvalue weighted by molar-refractivity contribution is -0.137. The van der Waals surface area contributed by atoms with E-state index in [1.807, 2.05) is 7.05 Å². The molecule has 2 amide bonds. The summed E-state index contributed by atoms with van der Waals surface area (Å²) in [5.74, 6) is 0.951. The lowest BCUT2D eigenvalue weighted by Crippen LogP contribution is -2.51. The molecule has 0 bridgehead atoms. The van der Waals surface area contributed by atoms with Crippen LogP contribution in [0, 0.1) is 11.8 Å². The fraction of sp³-hybridized carbons (Fsp3) is 0.714. The number of rotatable bonds is 5. The van der Waals surface area contributed by atoms with Crippen LogP contribution in [-0.4, -0.2) is 75.8 Å². The first-order valence-electron chi connectivity index (χ1n) is 10.6. The zero-order valence-corrected chi connectivity index (χ0v) is 16.8. The predicted molar refractivity (Wildman–Crippen MR) is 105 cm³/mol. The largest absolute Gasteiger partial charge is 0.342 e. The molecular formula is C21H31N5O2. The number of amides is 2. The number of carbonyl (C=O) groups excluding carboxylic acids is 2. The molecule has 0 N–H and O–H groups in total. The molecule has 4 rings (SSSR count). The summed E-state index contributed by atoms with van der Waals surface area (Å²) in [5, 5.41) is 0. The van der Waals surface area contributed by atoms with Crippen LogP contribution in [0.1, 0.15) is 44.2 Å². The fourth-order valence-corrected chi connectivity index (χ4v) is 4.62. The van der Waals surface area contributed by atoms with E-state index in [-0.39, 0.29) is 11.8 Å². The SMILES string of the molecule is CN(Cc1cnccn1)C(=O)[C@H]1CCCN(C2CCN(C(=O)C3CC3)CC2)C1. The highest BCUT2D eigenvalue weighted by atomic mass is 16.2. The number of hydrogen-bond acceptors (Lipinski definition) is 5. The van der Waals surface area contributed by atoms with Gasteiger partial charge in [-0.1, -0.05) is 0 Å². The van der Waals surface area contributed by atoms with Crippen molar-refractivity contribution in [2.75, 3.05) is 33.2 Å². The van der Waals surface area contributed by atoms with Gasteiger partial charge in [0.15, 0.2) is 0 Å². The van der Waals surface area contributed by atoms with Gasteiger partial charge in [0.05, 0.1) is 24.4 Å². The Morgan fingerprint density at radius 3 is 2.54 bits per heavy atom. The quantitative estimate of drug-likeness (QED) is 0.769. The Hall–Kier alpha value is -2.02. The highest BCUT2D eigenvalue weighted by molar-refractivity contribution is 5.81. The molecule has 1 aromatic rings. The van der Waals surface area contributed by atoms with E-state index in [2.05, 4.69) is 19.8 Å². The van der Waals surface area contributed by atoms with Gasteiger partial charge in [-0.05, 0) is 45.1 Å². The molecule has 3 heterocycles. The van der Waals surface area contributed by atoms with Crippen LogP contribution in [0.4, 0.5) is 0 Å². The van der Waals surface area contributed by atoms with Crippen molar-refractivity contribution in [3.63, 3.8) is 0 Å². The first-order valence-corrected chi connectivity index (χ1v) is 10.6. The van der Waals surface area contributed by atoms with Crippen molar-refractivity contribution in [2.45, 2.75) is 51.1 Å². The van der Waals surface area contributed by atoms with Crippen LogP contribution in [0.5, 0.6) is 0 Å². The van der Waals surface area contributed by atoms with Crippen molar-refractivity contribution in [3.05, 3.63) is 24.3 Å². The molecule has 152 valence electrons. The van der Waals surface area contributed by atoms with Gasteiger partial charge in [-0.2, -0.15) is 0 Å². The molecule has 0 radical (unpaired) electrons. The third-order valence-corrected chi connectivity index (χ3v) is 6.41. The average Bonchev–Trinajstić information content (AvgIpc) is 3.59. The van der Waals surface area contributed by atoms with Crippen LogP contribution in [0.3, 0.4) is 0 Å². The summed E-state index contributed by atoms with van der Waals surface area (Å²) in [6, 6.07) is 0.504. The Labute approximate surface area is 167 Å². The molecule has 3 aliphatic rings. The smallest absolute Gasteiger partial charge is 0.227 e. The molecule has 1 aliphatic carbocycles. The third kappa shape index (κ3) is 4.51. The molecule has 1 saturated carbocycles. The van der Waals surface area contributed by atoms with Crippen molar-refractivity contribution < 1.29 is 9.59 Å². The monoisotopic (exact) mass is 385 g/mol. The standard InChI is InChI=1S/C21H31N5O2/c1-24(15-18-13-22-8-9-23-18)20(27)17-3-2-10-26(14-17)19-6-11-25(12-7-19)21(28)16-4-5-16/h8-9,13,16-17,19H,2-7,10-12,14-15H2,1H3/t17-/m0/s1. The maximum Gasteiger partial charge on any atom is 0.227 e. The van der Waals surface area contributed by atoms with Crippen molar-refractivity contribution in [1.82, 2.24) is 24.7 Å². The van der Waals surface area contributed by atoms with Crippen LogP contribution < -0.4 is 0 Å². The first-order chi connectivity index (χ1) is 13.6. The number of carbonyl (C=O) groups is 2. The number of nitrogens with zero attached hydrogens (tertiary/aromatic N) is 5. The molecular weight excluding hydrogens is 354 g/mol. The summed E-state index contributed by atoms with van der Waals surface area (Å²) in [5.41, 5.74) is 0.818. The number of likely N-dealkylation sites (tertiary alicyclic amines) is 2. The van der Waals surface area contributed by atoms with Crippen LogP contribution in [0.15, 0.2) is 18.6 Å². The summed E-state index contributed by atoms with van der Waals surface area (Å²) >= 11 is 0. The van der Waals surface area contributed by atoms with Gasteiger partial charge in [0.2, 0.25) is 11.8 Å². The Balaban J connectivity index is 1.28. The average molecular weight is 386 g/mol. The molecule has 1 aromatic heterocycles. The van der Waals surface area contributed by atoms with Crippen LogP contribution in [0.2, 0.25) is 0 Å². The zero-order valence-electron chi connectivity index (χ0n) is 16.8. The van der Waals surface area contributed by atoms with Crippen molar-refractivity contribution in [2.24, 2.45) is 11.8 Å². The Morgan fingerprint density at radius 1 is 1.07 bits per heavy atom. The van der Waals surface area contributed by atoms with E-state index in [0.29, 0.717) is 24.4 Å². The van der Waals surface area contributed by atoms with Gasteiger partial charge in [-0.3, -0.25) is 24.5 Å². The van der Waals surface area contributed by atoms with Crippen molar-refractivity contribution in [1.29, 1.82) is 0 Å². The highest BCUT2D eigenvalue weighted by Crippen LogP contribution is 2.32. The number of piperidine rings is 2. The molecule has 3 fully saturated rings. The molecule has 0 unspecified atom stereocenters. The minimum absolute atomic E-state index is 0.0570. The van der Waals surface area contributed by atoms with Crippen molar-refractivity contribution in [3.8, 4) is 0 Å². The van der Waals surface area contributed by atoms with E-state index in [9.17, 15) is 9.59 Å². The maximum atomic E-state index is 13.0.